The zero-order chi connectivity index (χ0) is 23.1. The van der Waals surface area contributed by atoms with Crippen molar-refractivity contribution in [3.8, 4) is 0 Å². The van der Waals surface area contributed by atoms with E-state index in [-0.39, 0.29) is 11.6 Å². The summed E-state index contributed by atoms with van der Waals surface area (Å²) in [6.07, 6.45) is 8.93. The lowest BCUT2D eigenvalue weighted by Gasteiger charge is -2.43. The first-order chi connectivity index (χ1) is 15.8. The van der Waals surface area contributed by atoms with Crippen molar-refractivity contribution in [3.05, 3.63) is 54.6 Å². The van der Waals surface area contributed by atoms with Gasteiger partial charge in [-0.1, -0.05) is 6.07 Å². The number of carbonyl (C=O) groups is 1. The second-order valence-electron chi connectivity index (χ2n) is 9.90. The molecule has 1 saturated heterocycles. The summed E-state index contributed by atoms with van der Waals surface area (Å²) in [6, 6.07) is 8.17. The molecule has 5 rings (SSSR count). The average molecular weight is 447 g/mol. The van der Waals surface area contributed by atoms with Gasteiger partial charge in [0.05, 0.1) is 34.1 Å². The number of rotatable bonds is 4. The number of pyridine rings is 1. The van der Waals surface area contributed by atoms with Crippen LogP contribution in [0.5, 0.6) is 0 Å². The van der Waals surface area contributed by atoms with E-state index in [9.17, 15) is 4.79 Å². The summed E-state index contributed by atoms with van der Waals surface area (Å²) >= 11 is 0. The van der Waals surface area contributed by atoms with Crippen molar-refractivity contribution in [3.63, 3.8) is 0 Å². The van der Waals surface area contributed by atoms with Crippen LogP contribution < -0.4 is 10.2 Å². The lowest BCUT2D eigenvalue weighted by molar-refractivity contribution is 0.0107. The van der Waals surface area contributed by atoms with E-state index >= 15 is 0 Å². The molecule has 1 spiro atoms. The Hall–Kier alpha value is -3.42. The molecule has 0 unspecified atom stereocenters. The van der Waals surface area contributed by atoms with Gasteiger partial charge in [0.2, 0.25) is 0 Å². The number of amides is 1. The zero-order valence-electron chi connectivity index (χ0n) is 19.4. The topological polar surface area (TPSA) is 83.5 Å². The third-order valence-corrected chi connectivity index (χ3v) is 6.25. The Morgan fingerprint density at radius 2 is 1.88 bits per heavy atom. The van der Waals surface area contributed by atoms with Crippen LogP contribution in [0, 0.1) is 0 Å². The monoisotopic (exact) mass is 446 g/mol. The summed E-state index contributed by atoms with van der Waals surface area (Å²) in [5, 5.41) is 3.55. The molecule has 8 nitrogen and oxygen atoms in total. The molecule has 1 aliphatic carbocycles. The van der Waals surface area contributed by atoms with Gasteiger partial charge in [-0.05, 0) is 57.4 Å². The molecule has 0 radical (unpaired) electrons. The summed E-state index contributed by atoms with van der Waals surface area (Å²) in [5.41, 5.74) is 4.39. The number of aromatic nitrogens is 3. The number of carbonyl (C=O) groups excluding carboxylic acids is 1. The molecule has 172 valence electrons. The first kappa shape index (κ1) is 21.4. The summed E-state index contributed by atoms with van der Waals surface area (Å²) in [4.78, 5) is 30.2. The molecular formula is C25H30N6O2. The molecule has 0 bridgehead atoms. The minimum Gasteiger partial charge on any atom is -0.444 e. The molecule has 3 aromatic rings. The number of hydrogen-bond donors (Lipinski definition) is 1. The zero-order valence-corrected chi connectivity index (χ0v) is 19.4. The average Bonchev–Trinajstić information content (AvgIpc) is 3.55. The van der Waals surface area contributed by atoms with E-state index < -0.39 is 5.60 Å². The maximum absolute atomic E-state index is 12.8. The van der Waals surface area contributed by atoms with Crippen LogP contribution >= 0.6 is 0 Å². The lowest BCUT2D eigenvalue weighted by atomic mass is 10.1. The van der Waals surface area contributed by atoms with Crippen molar-refractivity contribution < 1.29 is 9.53 Å². The minimum absolute atomic E-state index is 0.127. The summed E-state index contributed by atoms with van der Waals surface area (Å²) < 4.78 is 5.67. The van der Waals surface area contributed by atoms with Gasteiger partial charge in [-0.3, -0.25) is 19.9 Å². The van der Waals surface area contributed by atoms with Crippen LogP contribution in [0.25, 0.3) is 11.0 Å². The van der Waals surface area contributed by atoms with Crippen LogP contribution in [0.2, 0.25) is 0 Å². The molecule has 33 heavy (non-hydrogen) atoms. The van der Waals surface area contributed by atoms with E-state index in [2.05, 4.69) is 37.3 Å². The van der Waals surface area contributed by atoms with Gasteiger partial charge in [0, 0.05) is 44.8 Å². The Morgan fingerprint density at radius 1 is 1.09 bits per heavy atom. The molecule has 8 heteroatoms. The van der Waals surface area contributed by atoms with Gasteiger partial charge in [0.25, 0.3) is 0 Å². The fourth-order valence-corrected chi connectivity index (χ4v) is 4.47. The number of piperazine rings is 1. The largest absolute Gasteiger partial charge is 0.444 e. The van der Waals surface area contributed by atoms with Crippen LogP contribution in [0.15, 0.2) is 49.1 Å². The Labute approximate surface area is 194 Å². The highest BCUT2D eigenvalue weighted by atomic mass is 16.6. The van der Waals surface area contributed by atoms with Gasteiger partial charge in [0.15, 0.2) is 0 Å². The smallest absolute Gasteiger partial charge is 0.410 e. The van der Waals surface area contributed by atoms with Crippen molar-refractivity contribution in [1.82, 2.24) is 19.9 Å². The molecule has 1 aliphatic heterocycles. The Bertz CT molecular complexity index is 1170. The third-order valence-electron chi connectivity index (χ3n) is 6.25. The SMILES string of the molecule is CC(C)(C)OC(=O)N1CCN(c2ccncc2NCc2ccc3nccnc3c2)CC12CC2. The van der Waals surface area contributed by atoms with Gasteiger partial charge in [-0.2, -0.15) is 0 Å². The number of ether oxygens (including phenoxy) is 1. The van der Waals surface area contributed by atoms with Gasteiger partial charge in [-0.15, -0.1) is 0 Å². The summed E-state index contributed by atoms with van der Waals surface area (Å²) in [6.45, 7) is 8.61. The first-order valence-electron chi connectivity index (χ1n) is 11.5. The first-order valence-corrected chi connectivity index (χ1v) is 11.5. The van der Waals surface area contributed by atoms with Gasteiger partial charge in [-0.25, -0.2) is 4.79 Å². The lowest BCUT2D eigenvalue weighted by Crippen LogP contribution is -2.58. The normalized spacial score (nSPS) is 17.3. The molecule has 0 atom stereocenters. The molecule has 2 fully saturated rings. The maximum atomic E-state index is 12.8. The van der Waals surface area contributed by atoms with Crippen molar-refractivity contribution in [1.29, 1.82) is 0 Å². The predicted octanol–water partition coefficient (Wildman–Crippen LogP) is 4.23. The van der Waals surface area contributed by atoms with E-state index in [0.29, 0.717) is 13.1 Å². The second-order valence-corrected chi connectivity index (χ2v) is 9.90. The van der Waals surface area contributed by atoms with Gasteiger partial charge in [0.1, 0.15) is 5.60 Å². The maximum Gasteiger partial charge on any atom is 0.410 e. The van der Waals surface area contributed by atoms with E-state index in [4.69, 9.17) is 4.74 Å². The quantitative estimate of drug-likeness (QED) is 0.642. The van der Waals surface area contributed by atoms with Crippen LogP contribution in [0.3, 0.4) is 0 Å². The van der Waals surface area contributed by atoms with Crippen LogP contribution in [-0.2, 0) is 11.3 Å². The molecule has 1 saturated carbocycles. The van der Waals surface area contributed by atoms with Crippen molar-refractivity contribution in [2.45, 2.75) is 51.3 Å². The number of nitrogens with zero attached hydrogens (tertiary/aromatic N) is 5. The van der Waals surface area contributed by atoms with E-state index in [1.165, 1.54) is 0 Å². The number of nitrogens with one attached hydrogen (secondary N) is 1. The van der Waals surface area contributed by atoms with Gasteiger partial charge < -0.3 is 15.0 Å². The number of anilines is 2. The van der Waals surface area contributed by atoms with E-state index in [1.807, 2.05) is 50.2 Å². The molecular weight excluding hydrogens is 416 g/mol. The fraction of sp³-hybridized carbons (Fsp3) is 0.440. The van der Waals surface area contributed by atoms with Crippen LogP contribution in [0.1, 0.15) is 39.2 Å². The molecule has 2 aromatic heterocycles. The van der Waals surface area contributed by atoms with Crippen molar-refractivity contribution in [2.24, 2.45) is 0 Å². The Morgan fingerprint density at radius 3 is 2.64 bits per heavy atom. The Balaban J connectivity index is 1.29. The highest BCUT2D eigenvalue weighted by molar-refractivity contribution is 5.75. The van der Waals surface area contributed by atoms with Crippen molar-refractivity contribution >= 4 is 28.5 Å². The number of hydrogen-bond acceptors (Lipinski definition) is 7. The Kier molecular flexibility index (Phi) is 5.31. The molecule has 3 heterocycles. The molecule has 1 aromatic carbocycles. The predicted molar refractivity (Wildman–Crippen MR) is 128 cm³/mol. The van der Waals surface area contributed by atoms with E-state index in [0.717, 1.165) is 53.9 Å². The van der Waals surface area contributed by atoms with Crippen LogP contribution in [-0.4, -0.2) is 56.7 Å². The number of benzene rings is 1. The highest BCUT2D eigenvalue weighted by Crippen LogP contribution is 2.46. The second kappa shape index (κ2) is 8.17. The fourth-order valence-electron chi connectivity index (χ4n) is 4.47. The molecule has 2 aliphatic rings. The van der Waals surface area contributed by atoms with Gasteiger partial charge >= 0.3 is 6.09 Å². The minimum atomic E-state index is -0.485. The van der Waals surface area contributed by atoms with E-state index in [1.54, 1.807) is 12.4 Å². The standard InChI is InChI=1S/C25H30N6O2/c1-24(2,3)33-23(32)31-13-12-30(17-25(31)7-8-25)22-6-9-26-16-21(22)29-15-18-4-5-19-20(14-18)28-11-10-27-19/h4-6,9-11,14,16,29H,7-8,12-13,15,17H2,1-3H3. The summed E-state index contributed by atoms with van der Waals surface area (Å²) in [7, 11) is 0. The summed E-state index contributed by atoms with van der Waals surface area (Å²) in [5.74, 6) is 0. The third kappa shape index (κ3) is 4.55. The molecule has 1 N–H and O–H groups in total. The highest BCUT2D eigenvalue weighted by Gasteiger charge is 2.54. The van der Waals surface area contributed by atoms with Crippen molar-refractivity contribution in [2.75, 3.05) is 29.9 Å². The molecule has 1 amide bonds. The van der Waals surface area contributed by atoms with Crippen LogP contribution in [0.4, 0.5) is 16.2 Å². The number of fused-ring (bicyclic) bond motifs is 1.